The van der Waals surface area contributed by atoms with Gasteiger partial charge >= 0.3 is 29.6 Å². The first-order chi connectivity index (χ1) is 35.7. The third-order valence-electron chi connectivity index (χ3n) is 12.7. The molecule has 2 N–H and O–H groups in total. The first-order valence-electron chi connectivity index (χ1n) is 25.3. The minimum absolute atomic E-state index is 0.0283. The Labute approximate surface area is 429 Å². The molecule has 6 rings (SSSR count). The van der Waals surface area contributed by atoms with Gasteiger partial charge in [-0.3, -0.25) is 23.9 Å². The van der Waals surface area contributed by atoms with Crippen molar-refractivity contribution in [2.75, 3.05) is 26.4 Å². The molecule has 19 nitrogen and oxygen atoms in total. The molecule has 2 fully saturated rings. The Morgan fingerprint density at radius 1 is 0.635 bits per heavy atom. The molecule has 398 valence electrons. The molecule has 1 amide bonds. The summed E-state index contributed by atoms with van der Waals surface area (Å²) in [6, 6.07) is 25.1. The summed E-state index contributed by atoms with van der Waals surface area (Å²) in [4.78, 5) is 104. The van der Waals surface area contributed by atoms with Crippen LogP contribution in [0.15, 0.2) is 107 Å². The number of aryl methyl sites for hydroxylation is 1. The van der Waals surface area contributed by atoms with Gasteiger partial charge in [0.2, 0.25) is 5.91 Å². The normalized spacial score (nSPS) is 22.3. The highest BCUT2D eigenvalue weighted by Gasteiger charge is 2.50. The number of H-pyrrole nitrogens is 1. The molecule has 0 bridgehead atoms. The Kier molecular flexibility index (Phi) is 21.8. The van der Waals surface area contributed by atoms with E-state index in [0.29, 0.717) is 49.8 Å². The van der Waals surface area contributed by atoms with Crippen molar-refractivity contribution >= 4 is 35.6 Å². The van der Waals surface area contributed by atoms with E-state index >= 15 is 0 Å². The summed E-state index contributed by atoms with van der Waals surface area (Å²) in [5, 5.41) is 2.96. The SMILES string of the molecule is CC[C@H]1O[C@@H](n2cc(C)c(=O)[nH]c2=O)[C@@H](OCCCCCCNC(=O)CCCCO[C@@H]2O[C@H](COC(=O)c3ccccc3)[C@H](OC(=O)c3ccccc3)[C@H](OC(=O)c3ccccc3)[C@H]2C)C1OC(=O)CCC(C)=O. The number of carbonyl (C=O) groups excluding carboxylic acids is 6. The van der Waals surface area contributed by atoms with Crippen molar-refractivity contribution < 1.29 is 66.7 Å². The number of carbonyl (C=O) groups is 6. The van der Waals surface area contributed by atoms with Gasteiger partial charge in [0.15, 0.2) is 24.7 Å². The van der Waals surface area contributed by atoms with Crippen LogP contribution in [0.1, 0.15) is 128 Å². The number of aromatic nitrogens is 2. The minimum Gasteiger partial charge on any atom is -0.459 e. The van der Waals surface area contributed by atoms with Gasteiger partial charge in [-0.25, -0.2) is 19.2 Å². The fourth-order valence-corrected chi connectivity index (χ4v) is 8.58. The summed E-state index contributed by atoms with van der Waals surface area (Å²) >= 11 is 0. The molecule has 1 unspecified atom stereocenters. The van der Waals surface area contributed by atoms with Crippen LogP contribution in [0.25, 0.3) is 0 Å². The van der Waals surface area contributed by atoms with Crippen molar-refractivity contribution in [3.05, 3.63) is 140 Å². The second-order valence-corrected chi connectivity index (χ2v) is 18.4. The summed E-state index contributed by atoms with van der Waals surface area (Å²) in [6.45, 7) is 7.08. The number of amides is 1. The minimum atomic E-state index is -1.21. The Hall–Kier alpha value is -6.80. The smallest absolute Gasteiger partial charge is 0.338 e. The molecule has 0 saturated carbocycles. The Bertz CT molecular complexity index is 2590. The Morgan fingerprint density at radius 2 is 1.20 bits per heavy atom. The molecule has 4 aromatic rings. The van der Waals surface area contributed by atoms with Crippen molar-refractivity contribution in [3.8, 4) is 0 Å². The lowest BCUT2D eigenvalue weighted by Gasteiger charge is -2.44. The summed E-state index contributed by atoms with van der Waals surface area (Å²) in [5.41, 5.74) is -0.0808. The van der Waals surface area contributed by atoms with E-state index in [4.69, 9.17) is 37.9 Å². The van der Waals surface area contributed by atoms with Gasteiger partial charge in [-0.1, -0.05) is 81.3 Å². The fraction of sp³-hybridized carbons (Fsp3) is 0.491. The van der Waals surface area contributed by atoms with Crippen LogP contribution in [0, 0.1) is 12.8 Å². The molecule has 1 aromatic heterocycles. The van der Waals surface area contributed by atoms with Crippen LogP contribution in [0.5, 0.6) is 0 Å². The molecule has 0 radical (unpaired) electrons. The number of benzene rings is 3. The van der Waals surface area contributed by atoms with Gasteiger partial charge in [0.1, 0.15) is 30.7 Å². The van der Waals surface area contributed by atoms with E-state index < -0.39 is 90.2 Å². The number of unbranched alkanes of at least 4 members (excludes halogenated alkanes) is 4. The first-order valence-corrected chi connectivity index (χ1v) is 25.3. The highest BCUT2D eigenvalue weighted by molar-refractivity contribution is 5.91. The maximum absolute atomic E-state index is 13.5. The van der Waals surface area contributed by atoms with Crippen LogP contribution in [0.2, 0.25) is 0 Å². The van der Waals surface area contributed by atoms with Crippen molar-refractivity contribution in [1.29, 1.82) is 0 Å². The molecule has 2 saturated heterocycles. The van der Waals surface area contributed by atoms with Crippen LogP contribution >= 0.6 is 0 Å². The molecule has 9 atom stereocenters. The fourth-order valence-electron chi connectivity index (χ4n) is 8.58. The van der Waals surface area contributed by atoms with Crippen LogP contribution in [-0.4, -0.2) is 114 Å². The molecule has 2 aliphatic rings. The second kappa shape index (κ2) is 28.6. The van der Waals surface area contributed by atoms with E-state index in [1.54, 1.807) is 105 Å². The number of nitrogens with zero attached hydrogens (tertiary/aromatic N) is 1. The van der Waals surface area contributed by atoms with Gasteiger partial charge in [-0.05, 0) is 82.3 Å². The van der Waals surface area contributed by atoms with Crippen molar-refractivity contribution in [2.24, 2.45) is 5.92 Å². The molecule has 3 aromatic carbocycles. The topological polar surface area (TPSA) is 243 Å². The zero-order valence-electron chi connectivity index (χ0n) is 42.3. The molecule has 74 heavy (non-hydrogen) atoms. The third kappa shape index (κ3) is 16.4. The number of hydrogen-bond donors (Lipinski definition) is 2. The summed E-state index contributed by atoms with van der Waals surface area (Å²) in [5.74, 6) is -3.50. The predicted molar refractivity (Wildman–Crippen MR) is 267 cm³/mol. The average Bonchev–Trinajstić information content (AvgIpc) is 3.74. The van der Waals surface area contributed by atoms with E-state index in [2.05, 4.69) is 10.3 Å². The van der Waals surface area contributed by atoms with Gasteiger partial charge in [0, 0.05) is 50.3 Å². The molecule has 2 aliphatic heterocycles. The molecule has 0 aliphatic carbocycles. The van der Waals surface area contributed by atoms with Crippen LogP contribution in [0.4, 0.5) is 0 Å². The van der Waals surface area contributed by atoms with Gasteiger partial charge in [-0.2, -0.15) is 0 Å². The summed E-state index contributed by atoms with van der Waals surface area (Å²) in [6.07, 6.45) is -1.85. The van der Waals surface area contributed by atoms with E-state index in [-0.39, 0.29) is 61.9 Å². The van der Waals surface area contributed by atoms with Crippen molar-refractivity contribution in [3.63, 3.8) is 0 Å². The zero-order valence-corrected chi connectivity index (χ0v) is 42.3. The number of hydrogen-bond acceptors (Lipinski definition) is 16. The maximum atomic E-state index is 13.5. The van der Waals surface area contributed by atoms with E-state index in [1.807, 2.05) is 6.92 Å². The monoisotopic (exact) mass is 1030 g/mol. The van der Waals surface area contributed by atoms with Gasteiger partial charge < -0.3 is 48.0 Å². The van der Waals surface area contributed by atoms with Crippen molar-refractivity contribution in [1.82, 2.24) is 14.9 Å². The van der Waals surface area contributed by atoms with Gasteiger partial charge in [-0.15, -0.1) is 0 Å². The summed E-state index contributed by atoms with van der Waals surface area (Å²) in [7, 11) is 0. The van der Waals surface area contributed by atoms with Crippen LogP contribution in [0.3, 0.4) is 0 Å². The number of nitrogens with one attached hydrogen (secondary N) is 2. The molecule has 0 spiro atoms. The van der Waals surface area contributed by atoms with E-state index in [1.165, 1.54) is 17.7 Å². The molecular formula is C55H67N3O16. The lowest BCUT2D eigenvalue weighted by atomic mass is 9.91. The lowest BCUT2D eigenvalue weighted by molar-refractivity contribution is -0.281. The largest absolute Gasteiger partial charge is 0.459 e. The number of ether oxygens (including phenoxy) is 8. The maximum Gasteiger partial charge on any atom is 0.338 e. The Balaban J connectivity index is 0.968. The summed E-state index contributed by atoms with van der Waals surface area (Å²) < 4.78 is 49.9. The highest BCUT2D eigenvalue weighted by Crippen LogP contribution is 2.36. The van der Waals surface area contributed by atoms with Crippen molar-refractivity contribution in [2.45, 2.75) is 141 Å². The second-order valence-electron chi connectivity index (χ2n) is 18.4. The first kappa shape index (κ1) is 56.5. The lowest BCUT2D eigenvalue weighted by Crippen LogP contribution is -2.58. The standard InChI is InChI=1S/C55H67N3O16/c1-5-41-46(72-44(61)29-28-36(3)59)48(50(70-41)58-33-35(2)49(62)57-55(58)66)67-31-19-7-6-18-30-56-43(60)27-17-20-32-68-54-37(4)45(73-52(64)39-23-13-9-14-24-39)47(74-53(65)40-25-15-10-16-26-40)42(71-54)34-69-51(63)38-21-11-8-12-22-38/h8-16,21-26,33,37,41-42,45-48,50,54H,5-7,17-20,27-32,34H2,1-4H3,(H,56,60)(H,57,62,66)/t37-,41-,42-,45-,46?,47+,48+,50-,54-/m1/s1. The van der Waals surface area contributed by atoms with Crippen LogP contribution < -0.4 is 16.6 Å². The molecule has 19 heteroatoms. The zero-order chi connectivity index (χ0) is 53.0. The van der Waals surface area contributed by atoms with Gasteiger partial charge in [0.05, 0.1) is 29.2 Å². The molecular weight excluding hydrogens is 959 g/mol. The van der Waals surface area contributed by atoms with E-state index in [0.717, 1.165) is 12.8 Å². The van der Waals surface area contributed by atoms with E-state index in [9.17, 15) is 38.4 Å². The van der Waals surface area contributed by atoms with Gasteiger partial charge in [0.25, 0.3) is 5.56 Å². The third-order valence-corrected chi connectivity index (χ3v) is 12.7. The van der Waals surface area contributed by atoms with Crippen LogP contribution in [-0.2, 0) is 52.3 Å². The Morgan fingerprint density at radius 3 is 1.82 bits per heavy atom. The number of aromatic amines is 1. The quantitative estimate of drug-likeness (QED) is 0.0375. The number of ketones is 1. The number of Topliss-reactive ketones (excluding diaryl/α,β-unsaturated/α-hetero) is 1. The highest BCUT2D eigenvalue weighted by atomic mass is 16.7. The average molecular weight is 1030 g/mol. The molecule has 3 heterocycles. The number of rotatable bonds is 27. The number of esters is 4. The predicted octanol–water partition coefficient (Wildman–Crippen LogP) is 6.35.